The minimum Gasteiger partial charge on any atom is -0.494 e. The maximum Gasteiger partial charge on any atom is 0.227 e. The highest BCUT2D eigenvalue weighted by molar-refractivity contribution is 6.17. The van der Waals surface area contributed by atoms with Crippen molar-refractivity contribution in [2.45, 2.75) is 12.8 Å². The molecule has 0 aliphatic carbocycles. The van der Waals surface area contributed by atoms with E-state index in [9.17, 15) is 0 Å². The first-order valence-corrected chi connectivity index (χ1v) is 6.22. The summed E-state index contributed by atoms with van der Waals surface area (Å²) in [5.74, 6) is 1.77. The van der Waals surface area contributed by atoms with E-state index < -0.39 is 0 Å². The van der Waals surface area contributed by atoms with Crippen molar-refractivity contribution in [3.05, 3.63) is 42.2 Å². The fraction of sp³-hybridized carbons (Fsp3) is 0.231. The minimum absolute atomic E-state index is 0.403. The largest absolute Gasteiger partial charge is 0.494 e. The van der Waals surface area contributed by atoms with Crippen LogP contribution in [0.3, 0.4) is 0 Å². The maximum atomic E-state index is 5.90. The molecule has 0 radical (unpaired) electrons. The van der Waals surface area contributed by atoms with Gasteiger partial charge >= 0.3 is 0 Å². The highest BCUT2D eigenvalue weighted by Crippen LogP contribution is 2.25. The van der Waals surface area contributed by atoms with E-state index in [1.165, 1.54) is 0 Å². The summed E-state index contributed by atoms with van der Waals surface area (Å²) in [4.78, 5) is 8.20. The molecule has 1 N–H and O–H groups in total. The number of nitrogens with one attached hydrogen (secondary N) is 1. The lowest BCUT2D eigenvalue weighted by atomic mass is 10.2. The molecule has 0 fully saturated rings. The molecule has 0 spiro atoms. The Balaban J connectivity index is 2.19. The second-order valence-corrected chi connectivity index (χ2v) is 3.85. The second kappa shape index (κ2) is 6.21. The minimum atomic E-state index is 0.403. The molecule has 5 heteroatoms. The van der Waals surface area contributed by atoms with Crippen molar-refractivity contribution in [2.24, 2.45) is 0 Å². The van der Waals surface area contributed by atoms with Crippen molar-refractivity contribution in [1.29, 1.82) is 0 Å². The average Bonchev–Trinajstić information content (AvgIpc) is 2.42. The van der Waals surface area contributed by atoms with E-state index >= 15 is 0 Å². The second-order valence-electron chi connectivity index (χ2n) is 3.59. The Bertz CT molecular complexity index is 505. The lowest BCUT2D eigenvalue weighted by molar-refractivity contribution is 0.337. The highest BCUT2D eigenvalue weighted by Gasteiger charge is 2.04. The van der Waals surface area contributed by atoms with Gasteiger partial charge in [-0.05, 0) is 31.2 Å². The molecule has 1 heterocycles. The molecule has 18 heavy (non-hydrogen) atoms. The third-order valence-electron chi connectivity index (χ3n) is 2.33. The van der Waals surface area contributed by atoms with Crippen LogP contribution in [0.1, 0.15) is 12.5 Å². The molecule has 4 nitrogen and oxygen atoms in total. The number of hydrogen-bond donors (Lipinski definition) is 1. The number of alkyl halides is 1. The van der Waals surface area contributed by atoms with Crippen LogP contribution in [0, 0.1) is 0 Å². The zero-order valence-electron chi connectivity index (χ0n) is 10.1. The van der Waals surface area contributed by atoms with Crippen LogP contribution in [0.5, 0.6) is 5.75 Å². The van der Waals surface area contributed by atoms with Gasteiger partial charge in [0.15, 0.2) is 0 Å². The van der Waals surface area contributed by atoms with Crippen molar-refractivity contribution in [2.75, 3.05) is 11.9 Å². The van der Waals surface area contributed by atoms with Crippen LogP contribution in [0.2, 0.25) is 0 Å². The van der Waals surface area contributed by atoms with Gasteiger partial charge in [0.25, 0.3) is 0 Å². The van der Waals surface area contributed by atoms with E-state index in [-0.39, 0.29) is 0 Å². The summed E-state index contributed by atoms with van der Waals surface area (Å²) in [6, 6.07) is 7.52. The molecule has 0 unspecified atom stereocenters. The fourth-order valence-electron chi connectivity index (χ4n) is 1.55. The molecule has 2 aromatic rings. The van der Waals surface area contributed by atoms with Gasteiger partial charge in [0.1, 0.15) is 5.75 Å². The van der Waals surface area contributed by atoms with E-state index in [4.69, 9.17) is 16.3 Å². The number of halogens is 1. The first kappa shape index (κ1) is 12.6. The number of ether oxygens (including phenoxy) is 1. The smallest absolute Gasteiger partial charge is 0.227 e. The van der Waals surface area contributed by atoms with Crippen LogP contribution < -0.4 is 10.1 Å². The number of benzene rings is 1. The Morgan fingerprint density at radius 2 is 2.06 bits per heavy atom. The van der Waals surface area contributed by atoms with Gasteiger partial charge < -0.3 is 10.1 Å². The number of anilines is 2. The van der Waals surface area contributed by atoms with E-state index in [1.54, 1.807) is 18.5 Å². The summed E-state index contributed by atoms with van der Waals surface area (Å²) in [6.07, 6.45) is 3.37. The summed E-state index contributed by atoms with van der Waals surface area (Å²) >= 11 is 5.90. The lowest BCUT2D eigenvalue weighted by Crippen LogP contribution is -1.99. The first-order chi connectivity index (χ1) is 8.83. The van der Waals surface area contributed by atoms with Crippen molar-refractivity contribution in [1.82, 2.24) is 9.97 Å². The third kappa shape index (κ3) is 3.11. The molecular weight excluding hydrogens is 250 g/mol. The predicted octanol–water partition coefficient (Wildman–Crippen LogP) is 3.36. The molecule has 0 atom stereocenters. The molecule has 2 rings (SSSR count). The maximum absolute atomic E-state index is 5.90. The Morgan fingerprint density at radius 1 is 1.28 bits per heavy atom. The third-order valence-corrected chi connectivity index (χ3v) is 2.61. The van der Waals surface area contributed by atoms with Crippen molar-refractivity contribution < 1.29 is 4.74 Å². The van der Waals surface area contributed by atoms with Crippen molar-refractivity contribution in [3.8, 4) is 5.75 Å². The average molecular weight is 264 g/mol. The Morgan fingerprint density at radius 3 is 2.72 bits per heavy atom. The number of nitrogens with zero attached hydrogens (tertiary/aromatic N) is 2. The number of hydrogen-bond acceptors (Lipinski definition) is 4. The molecular formula is C13H14ClN3O. The molecule has 1 aromatic carbocycles. The van der Waals surface area contributed by atoms with Crippen LogP contribution in [0.25, 0.3) is 0 Å². The SMILES string of the molecule is CCOc1ccc(Nc2ncccn2)cc1CCl. The highest BCUT2D eigenvalue weighted by atomic mass is 35.5. The Labute approximate surface area is 111 Å². The summed E-state index contributed by atoms with van der Waals surface area (Å²) < 4.78 is 5.49. The van der Waals surface area contributed by atoms with Gasteiger partial charge in [0.05, 0.1) is 12.5 Å². The first-order valence-electron chi connectivity index (χ1n) is 5.69. The van der Waals surface area contributed by atoms with Gasteiger partial charge in [-0.1, -0.05) is 0 Å². The molecule has 94 valence electrons. The molecule has 0 bridgehead atoms. The Hall–Kier alpha value is -1.81. The number of rotatable bonds is 5. The zero-order valence-corrected chi connectivity index (χ0v) is 10.8. The summed E-state index contributed by atoms with van der Waals surface area (Å²) in [7, 11) is 0. The van der Waals surface area contributed by atoms with Gasteiger partial charge in [0.2, 0.25) is 5.95 Å². The topological polar surface area (TPSA) is 47.0 Å². The van der Waals surface area contributed by atoms with E-state index in [2.05, 4.69) is 15.3 Å². The van der Waals surface area contributed by atoms with Crippen molar-refractivity contribution >= 4 is 23.2 Å². The molecule has 0 saturated heterocycles. The van der Waals surface area contributed by atoms with Gasteiger partial charge in [-0.3, -0.25) is 0 Å². The summed E-state index contributed by atoms with van der Waals surface area (Å²) in [5.41, 5.74) is 1.83. The summed E-state index contributed by atoms with van der Waals surface area (Å²) in [5, 5.41) is 3.11. The van der Waals surface area contributed by atoms with Crippen molar-refractivity contribution in [3.63, 3.8) is 0 Å². The standard InChI is InChI=1S/C13H14ClN3O/c1-2-18-12-5-4-11(8-10(12)9-14)17-13-15-6-3-7-16-13/h3-8H,2,9H2,1H3,(H,15,16,17). The quantitative estimate of drug-likeness (QED) is 0.841. The molecule has 0 aliphatic heterocycles. The van der Waals surface area contributed by atoms with Crippen LogP contribution in [-0.2, 0) is 5.88 Å². The molecule has 1 aromatic heterocycles. The predicted molar refractivity (Wildman–Crippen MR) is 72.5 cm³/mol. The van der Waals surface area contributed by atoms with Crippen LogP contribution >= 0.6 is 11.6 Å². The van der Waals surface area contributed by atoms with Gasteiger partial charge in [0, 0.05) is 23.6 Å². The van der Waals surface area contributed by atoms with Gasteiger partial charge in [-0.2, -0.15) is 0 Å². The zero-order chi connectivity index (χ0) is 12.8. The molecule has 0 amide bonds. The van der Waals surface area contributed by atoms with E-state index in [0.717, 1.165) is 17.0 Å². The molecule has 0 saturated carbocycles. The monoisotopic (exact) mass is 263 g/mol. The van der Waals surface area contributed by atoms with E-state index in [0.29, 0.717) is 18.4 Å². The lowest BCUT2D eigenvalue weighted by Gasteiger charge is -2.10. The van der Waals surface area contributed by atoms with Crippen LogP contribution in [0.15, 0.2) is 36.7 Å². The normalized spacial score (nSPS) is 10.1. The fourth-order valence-corrected chi connectivity index (χ4v) is 1.76. The Kier molecular flexibility index (Phi) is 4.36. The number of aromatic nitrogens is 2. The van der Waals surface area contributed by atoms with Gasteiger partial charge in [-0.25, -0.2) is 9.97 Å². The van der Waals surface area contributed by atoms with Crippen LogP contribution in [-0.4, -0.2) is 16.6 Å². The molecule has 0 aliphatic rings. The van der Waals surface area contributed by atoms with Gasteiger partial charge in [-0.15, -0.1) is 11.6 Å². The summed E-state index contributed by atoms with van der Waals surface area (Å²) in [6.45, 7) is 2.57. The van der Waals surface area contributed by atoms with Crippen LogP contribution in [0.4, 0.5) is 11.6 Å². The van der Waals surface area contributed by atoms with E-state index in [1.807, 2.05) is 25.1 Å².